The number of hydrogen-bond acceptors (Lipinski definition) is 5. The lowest BCUT2D eigenvalue weighted by atomic mass is 9.99. The van der Waals surface area contributed by atoms with E-state index in [2.05, 4.69) is 57.1 Å². The van der Waals surface area contributed by atoms with Gasteiger partial charge in [0.15, 0.2) is 0 Å². The number of amides is 1. The zero-order valence-electron chi connectivity index (χ0n) is 24.7. The van der Waals surface area contributed by atoms with Gasteiger partial charge < -0.3 is 15.0 Å². The molecule has 8 nitrogen and oxygen atoms in total. The normalized spacial score (nSPS) is 16.8. The molecular formula is C33H43N5O3. The van der Waals surface area contributed by atoms with Crippen molar-refractivity contribution in [2.45, 2.75) is 78.4 Å². The highest BCUT2D eigenvalue weighted by Crippen LogP contribution is 2.33. The van der Waals surface area contributed by atoms with Crippen LogP contribution in [0.25, 0.3) is 11.6 Å². The number of pyridine rings is 1. The van der Waals surface area contributed by atoms with Crippen molar-refractivity contribution in [2.75, 3.05) is 26.3 Å². The van der Waals surface area contributed by atoms with Crippen molar-refractivity contribution in [3.05, 3.63) is 86.1 Å². The van der Waals surface area contributed by atoms with Gasteiger partial charge in [0.1, 0.15) is 0 Å². The van der Waals surface area contributed by atoms with Crippen molar-refractivity contribution in [3.8, 4) is 0 Å². The Balaban J connectivity index is 1.35. The lowest BCUT2D eigenvalue weighted by molar-refractivity contribution is -0.120. The Labute approximate surface area is 242 Å². The number of aromatic nitrogens is 3. The van der Waals surface area contributed by atoms with E-state index < -0.39 is 0 Å². The van der Waals surface area contributed by atoms with E-state index in [-0.39, 0.29) is 24.4 Å². The van der Waals surface area contributed by atoms with Gasteiger partial charge in [0.2, 0.25) is 5.91 Å². The Bertz CT molecular complexity index is 1420. The van der Waals surface area contributed by atoms with E-state index in [1.165, 1.54) is 29.5 Å². The Kier molecular flexibility index (Phi) is 9.52. The monoisotopic (exact) mass is 557 g/mol. The average Bonchev–Trinajstić information content (AvgIpc) is 3.62. The quantitative estimate of drug-likeness (QED) is 0.368. The molecule has 2 aliphatic rings. The molecule has 0 unspecified atom stereocenters. The summed E-state index contributed by atoms with van der Waals surface area (Å²) in [6.07, 6.45) is 9.82. The predicted octanol–water partition coefficient (Wildman–Crippen LogP) is 4.95. The Morgan fingerprint density at radius 3 is 2.56 bits per heavy atom. The van der Waals surface area contributed by atoms with Crippen LogP contribution < -0.4 is 10.9 Å². The lowest BCUT2D eigenvalue weighted by Crippen LogP contribution is -2.35. The first-order valence-corrected chi connectivity index (χ1v) is 15.0. The Morgan fingerprint density at radius 2 is 1.88 bits per heavy atom. The van der Waals surface area contributed by atoms with E-state index in [0.29, 0.717) is 11.6 Å². The van der Waals surface area contributed by atoms with E-state index in [0.717, 1.165) is 74.6 Å². The van der Waals surface area contributed by atoms with Crippen LogP contribution in [0, 0.1) is 13.8 Å². The van der Waals surface area contributed by atoms with Gasteiger partial charge in [-0.2, -0.15) is 5.10 Å². The molecule has 1 saturated carbocycles. The zero-order valence-corrected chi connectivity index (χ0v) is 24.7. The summed E-state index contributed by atoms with van der Waals surface area (Å²) in [5.41, 5.74) is 7.81. The maximum atomic E-state index is 13.1. The van der Waals surface area contributed by atoms with Gasteiger partial charge >= 0.3 is 0 Å². The first-order valence-electron chi connectivity index (χ1n) is 15.0. The van der Waals surface area contributed by atoms with Crippen LogP contribution in [0.2, 0.25) is 0 Å². The van der Waals surface area contributed by atoms with E-state index in [9.17, 15) is 9.59 Å². The van der Waals surface area contributed by atoms with Gasteiger partial charge in [0, 0.05) is 43.0 Å². The lowest BCUT2D eigenvalue weighted by Gasteiger charge is -2.26. The summed E-state index contributed by atoms with van der Waals surface area (Å²) in [5.74, 6) is -0.115. The number of hydrogen-bond donors (Lipinski definition) is 2. The highest BCUT2D eigenvalue weighted by atomic mass is 16.5. The topological polar surface area (TPSA) is 92.2 Å². The summed E-state index contributed by atoms with van der Waals surface area (Å²) in [6.45, 7) is 10.7. The minimum Gasteiger partial charge on any atom is -0.379 e. The first kappa shape index (κ1) is 29.0. The number of aryl methyl sites for hydroxylation is 2. The number of ether oxygens (including phenoxy) is 1. The van der Waals surface area contributed by atoms with Gasteiger partial charge in [0.25, 0.3) is 5.56 Å². The van der Waals surface area contributed by atoms with Crippen LogP contribution in [-0.4, -0.2) is 51.9 Å². The molecule has 0 bridgehead atoms. The van der Waals surface area contributed by atoms with Gasteiger partial charge in [-0.05, 0) is 67.5 Å². The molecule has 2 fully saturated rings. The van der Waals surface area contributed by atoms with E-state index in [1.807, 2.05) is 26.1 Å². The Hall–Kier alpha value is -3.49. The molecule has 1 aromatic carbocycles. The summed E-state index contributed by atoms with van der Waals surface area (Å²) < 4.78 is 7.63. The third-order valence-electron chi connectivity index (χ3n) is 8.42. The molecule has 5 rings (SSSR count). The van der Waals surface area contributed by atoms with Gasteiger partial charge in [-0.3, -0.25) is 19.2 Å². The molecule has 0 radical (unpaired) electrons. The van der Waals surface area contributed by atoms with Crippen molar-refractivity contribution in [2.24, 2.45) is 0 Å². The molecule has 1 aliphatic heterocycles. The second-order valence-electron chi connectivity index (χ2n) is 11.4. The van der Waals surface area contributed by atoms with Crippen molar-refractivity contribution < 1.29 is 9.53 Å². The third-order valence-corrected chi connectivity index (χ3v) is 8.42. The van der Waals surface area contributed by atoms with Crippen LogP contribution >= 0.6 is 0 Å². The number of carbonyl (C=O) groups is 1. The zero-order chi connectivity index (χ0) is 28.8. The van der Waals surface area contributed by atoms with E-state index >= 15 is 0 Å². The molecule has 3 aromatic rings. The van der Waals surface area contributed by atoms with Crippen LogP contribution in [0.3, 0.4) is 0 Å². The molecule has 3 heterocycles. The molecule has 1 aliphatic carbocycles. The number of H-pyrrole nitrogens is 1. The number of benzene rings is 1. The van der Waals surface area contributed by atoms with Crippen molar-refractivity contribution in [3.63, 3.8) is 0 Å². The van der Waals surface area contributed by atoms with E-state index in [4.69, 9.17) is 9.84 Å². The van der Waals surface area contributed by atoms with Crippen LogP contribution in [0.1, 0.15) is 84.3 Å². The van der Waals surface area contributed by atoms with E-state index in [1.54, 1.807) is 0 Å². The fourth-order valence-electron chi connectivity index (χ4n) is 6.06. The number of nitrogens with zero attached hydrogens (tertiary/aromatic N) is 3. The highest BCUT2D eigenvalue weighted by Gasteiger charge is 2.23. The molecule has 8 heteroatoms. The van der Waals surface area contributed by atoms with Gasteiger partial charge in [0.05, 0.1) is 37.6 Å². The fourth-order valence-corrected chi connectivity index (χ4v) is 6.06. The molecule has 41 heavy (non-hydrogen) atoms. The minimum absolute atomic E-state index is 0.115. The molecule has 2 N–H and O–H groups in total. The fraction of sp³-hybridized carbons (Fsp3) is 0.485. The SMILES string of the molecule is CC/C(=C\c1c(CC(=O)NCc2c(C)cc(C)[nH]c2=O)cnn1C1CCCC1)c1ccc(CN2CCOCC2)cc1. The van der Waals surface area contributed by atoms with Crippen LogP contribution in [0.5, 0.6) is 0 Å². The molecule has 0 spiro atoms. The first-order chi connectivity index (χ1) is 19.9. The van der Waals surface area contributed by atoms with Gasteiger partial charge in [-0.1, -0.05) is 44.0 Å². The largest absolute Gasteiger partial charge is 0.379 e. The second kappa shape index (κ2) is 13.4. The molecular weight excluding hydrogens is 514 g/mol. The number of nitrogens with one attached hydrogen (secondary N) is 2. The molecule has 1 saturated heterocycles. The van der Waals surface area contributed by atoms with Gasteiger partial charge in [-0.15, -0.1) is 0 Å². The summed E-state index contributed by atoms with van der Waals surface area (Å²) >= 11 is 0. The molecule has 0 atom stereocenters. The van der Waals surface area contributed by atoms with Crippen molar-refractivity contribution in [1.82, 2.24) is 25.0 Å². The number of rotatable bonds is 10. The summed E-state index contributed by atoms with van der Waals surface area (Å²) in [6, 6.07) is 11.2. The van der Waals surface area contributed by atoms with Gasteiger partial charge in [-0.25, -0.2) is 0 Å². The predicted molar refractivity (Wildman–Crippen MR) is 163 cm³/mol. The van der Waals surface area contributed by atoms with Crippen LogP contribution in [0.15, 0.2) is 41.3 Å². The standard InChI is InChI=1S/C33H43N5O3/c1-4-26(27-11-9-25(10-12-27)22-37-13-15-41-16-14-37)18-31-28(20-35-38(31)29-7-5-6-8-29)19-32(39)34-21-30-23(2)17-24(3)36-33(30)40/h9-12,17-18,20,29H,4-8,13-16,19,21-22H2,1-3H3,(H,34,39)(H,36,40)/b26-18+. The maximum Gasteiger partial charge on any atom is 0.253 e. The van der Waals surface area contributed by atoms with Crippen molar-refractivity contribution >= 4 is 17.6 Å². The average molecular weight is 558 g/mol. The van der Waals surface area contributed by atoms with Crippen LogP contribution in [-0.2, 0) is 29.0 Å². The number of allylic oxidation sites excluding steroid dienone is 1. The second-order valence-corrected chi connectivity index (χ2v) is 11.4. The highest BCUT2D eigenvalue weighted by molar-refractivity contribution is 5.84. The summed E-state index contributed by atoms with van der Waals surface area (Å²) in [5, 5.41) is 7.75. The minimum atomic E-state index is -0.149. The molecule has 2 aromatic heterocycles. The summed E-state index contributed by atoms with van der Waals surface area (Å²) in [7, 11) is 0. The number of aromatic amines is 1. The number of morpholine rings is 1. The molecule has 1 amide bonds. The van der Waals surface area contributed by atoms with Crippen molar-refractivity contribution in [1.29, 1.82) is 0 Å². The third kappa shape index (κ3) is 7.24. The Morgan fingerprint density at radius 1 is 1.15 bits per heavy atom. The van der Waals surface area contributed by atoms with Crippen LogP contribution in [0.4, 0.5) is 0 Å². The smallest absolute Gasteiger partial charge is 0.253 e. The number of carbonyl (C=O) groups excluding carboxylic acids is 1. The molecule has 218 valence electrons. The maximum absolute atomic E-state index is 13.1. The summed E-state index contributed by atoms with van der Waals surface area (Å²) in [4.78, 5) is 30.8.